The smallest absolute Gasteiger partial charge is 0.323 e. The third-order valence-corrected chi connectivity index (χ3v) is 3.40. The van der Waals surface area contributed by atoms with E-state index in [1.165, 1.54) is 12.7 Å². The van der Waals surface area contributed by atoms with Gasteiger partial charge in [-0.15, -0.1) is 0 Å². The highest BCUT2D eigenvalue weighted by molar-refractivity contribution is 5.76. The summed E-state index contributed by atoms with van der Waals surface area (Å²) in [7, 11) is 1.44. The first-order valence-electron chi connectivity index (χ1n) is 6.49. The molecule has 0 fully saturated rings. The van der Waals surface area contributed by atoms with Crippen molar-refractivity contribution in [2.45, 2.75) is 39.3 Å². The lowest BCUT2D eigenvalue weighted by atomic mass is 9.97. The molecule has 3 unspecified atom stereocenters. The molecule has 0 aliphatic rings. The largest absolute Gasteiger partial charge is 0.468 e. The van der Waals surface area contributed by atoms with Crippen molar-refractivity contribution >= 4 is 5.97 Å². The van der Waals surface area contributed by atoms with E-state index >= 15 is 0 Å². The van der Waals surface area contributed by atoms with Gasteiger partial charge in [0.05, 0.1) is 7.11 Å². The Balaban J connectivity index is 2.74. The Hall–Kier alpha value is -1.35. The van der Waals surface area contributed by atoms with Crippen molar-refractivity contribution < 1.29 is 9.53 Å². The molecule has 3 atom stereocenters. The van der Waals surface area contributed by atoms with Crippen LogP contribution >= 0.6 is 0 Å². The Morgan fingerprint density at radius 1 is 1.28 bits per heavy atom. The maximum absolute atomic E-state index is 11.8. The topological polar surface area (TPSA) is 38.3 Å². The number of rotatable bonds is 6. The average molecular weight is 249 g/mol. The normalized spacial score (nSPS) is 15.8. The van der Waals surface area contributed by atoms with Crippen molar-refractivity contribution in [1.82, 2.24) is 5.32 Å². The molecule has 1 aromatic carbocycles. The molecule has 0 bridgehead atoms. The first kappa shape index (κ1) is 14.7. The molecule has 0 aromatic heterocycles. The van der Waals surface area contributed by atoms with E-state index in [1.54, 1.807) is 0 Å². The molecular weight excluding hydrogens is 226 g/mol. The lowest BCUT2D eigenvalue weighted by Gasteiger charge is -2.26. The van der Waals surface area contributed by atoms with E-state index in [0.29, 0.717) is 0 Å². The number of carbonyl (C=O) groups excluding carboxylic acids is 1. The molecule has 0 saturated carbocycles. The minimum absolute atomic E-state index is 0.129. The predicted molar refractivity (Wildman–Crippen MR) is 73.3 cm³/mol. The molecule has 0 saturated heterocycles. The Kier molecular flexibility index (Phi) is 5.86. The summed E-state index contributed by atoms with van der Waals surface area (Å²) in [6, 6.07) is 9.99. The van der Waals surface area contributed by atoms with Crippen LogP contribution in [0, 0.1) is 5.92 Å². The number of nitrogens with one attached hydrogen (secondary N) is 1. The molecule has 0 heterocycles. The summed E-state index contributed by atoms with van der Waals surface area (Å²) in [6.07, 6.45) is 0.939. The van der Waals surface area contributed by atoms with E-state index in [0.717, 1.165) is 6.42 Å². The second-order valence-electron chi connectivity index (χ2n) is 4.69. The number of methoxy groups -OCH3 is 1. The van der Waals surface area contributed by atoms with Gasteiger partial charge in [0.1, 0.15) is 6.04 Å². The van der Waals surface area contributed by atoms with Gasteiger partial charge in [0.25, 0.3) is 0 Å². The lowest BCUT2D eigenvalue weighted by Crippen LogP contribution is -2.43. The van der Waals surface area contributed by atoms with E-state index in [1.807, 2.05) is 18.2 Å². The predicted octanol–water partition coefficient (Wildman–Crippen LogP) is 2.92. The number of benzene rings is 1. The van der Waals surface area contributed by atoms with Crippen molar-refractivity contribution in [2.75, 3.05) is 7.11 Å². The fourth-order valence-corrected chi connectivity index (χ4v) is 1.93. The van der Waals surface area contributed by atoms with Gasteiger partial charge in [-0.3, -0.25) is 10.1 Å². The first-order valence-corrected chi connectivity index (χ1v) is 6.49. The van der Waals surface area contributed by atoms with Crippen molar-refractivity contribution in [1.29, 1.82) is 0 Å². The summed E-state index contributed by atoms with van der Waals surface area (Å²) in [4.78, 5) is 11.8. The zero-order valence-corrected chi connectivity index (χ0v) is 11.6. The summed E-state index contributed by atoms with van der Waals surface area (Å²) in [6.45, 7) is 6.20. The van der Waals surface area contributed by atoms with Gasteiger partial charge >= 0.3 is 5.97 Å². The van der Waals surface area contributed by atoms with Crippen LogP contribution in [0.15, 0.2) is 30.3 Å². The van der Waals surface area contributed by atoms with E-state index in [2.05, 4.69) is 38.2 Å². The van der Waals surface area contributed by atoms with E-state index in [4.69, 9.17) is 4.74 Å². The van der Waals surface area contributed by atoms with Crippen molar-refractivity contribution in [3.63, 3.8) is 0 Å². The van der Waals surface area contributed by atoms with Crippen LogP contribution < -0.4 is 5.32 Å². The number of hydrogen-bond acceptors (Lipinski definition) is 3. The molecule has 3 heteroatoms. The standard InChI is InChI=1S/C15H23NO2/c1-5-11(2)14(15(17)18-4)16-12(3)13-9-7-6-8-10-13/h6-12,14,16H,5H2,1-4H3. The van der Waals surface area contributed by atoms with E-state index in [9.17, 15) is 4.79 Å². The summed E-state index contributed by atoms with van der Waals surface area (Å²) < 4.78 is 4.87. The monoisotopic (exact) mass is 249 g/mol. The Bertz CT molecular complexity index is 364. The minimum Gasteiger partial charge on any atom is -0.468 e. The van der Waals surface area contributed by atoms with E-state index < -0.39 is 0 Å². The zero-order valence-electron chi connectivity index (χ0n) is 11.6. The Morgan fingerprint density at radius 3 is 2.39 bits per heavy atom. The van der Waals surface area contributed by atoms with Crippen LogP contribution in [0.3, 0.4) is 0 Å². The molecule has 0 aliphatic carbocycles. The maximum atomic E-state index is 11.8. The lowest BCUT2D eigenvalue weighted by molar-refractivity contribution is -0.144. The Morgan fingerprint density at radius 2 is 1.89 bits per heavy atom. The summed E-state index contributed by atoms with van der Waals surface area (Å²) in [5.74, 6) is 0.0655. The van der Waals surface area contributed by atoms with Crippen LogP contribution in [0.4, 0.5) is 0 Å². The number of ether oxygens (including phenoxy) is 1. The second kappa shape index (κ2) is 7.17. The quantitative estimate of drug-likeness (QED) is 0.788. The van der Waals surface area contributed by atoms with Gasteiger partial charge < -0.3 is 4.74 Å². The molecule has 1 aromatic rings. The molecule has 1 rings (SSSR count). The summed E-state index contributed by atoms with van der Waals surface area (Å²) in [5, 5.41) is 3.36. The SMILES string of the molecule is CCC(C)C(NC(C)c1ccccc1)C(=O)OC. The highest BCUT2D eigenvalue weighted by Crippen LogP contribution is 2.17. The van der Waals surface area contributed by atoms with Gasteiger partial charge in [0, 0.05) is 6.04 Å². The molecule has 1 N–H and O–H groups in total. The number of carbonyl (C=O) groups is 1. The van der Waals surface area contributed by atoms with Gasteiger partial charge in [-0.2, -0.15) is 0 Å². The van der Waals surface area contributed by atoms with Gasteiger partial charge in [-0.1, -0.05) is 50.6 Å². The molecule has 100 valence electrons. The van der Waals surface area contributed by atoms with Crippen LogP contribution in [0.25, 0.3) is 0 Å². The fraction of sp³-hybridized carbons (Fsp3) is 0.533. The number of hydrogen-bond donors (Lipinski definition) is 1. The van der Waals surface area contributed by atoms with Gasteiger partial charge in [0.15, 0.2) is 0 Å². The maximum Gasteiger partial charge on any atom is 0.323 e. The van der Waals surface area contributed by atoms with E-state index in [-0.39, 0.29) is 24.0 Å². The molecule has 0 aliphatic heterocycles. The average Bonchev–Trinajstić information content (AvgIpc) is 2.43. The van der Waals surface area contributed by atoms with Crippen LogP contribution in [-0.2, 0) is 9.53 Å². The van der Waals surface area contributed by atoms with Crippen LogP contribution in [-0.4, -0.2) is 19.1 Å². The second-order valence-corrected chi connectivity index (χ2v) is 4.69. The van der Waals surface area contributed by atoms with Crippen molar-refractivity contribution in [2.24, 2.45) is 5.92 Å². The molecule has 0 spiro atoms. The van der Waals surface area contributed by atoms with Crippen molar-refractivity contribution in [3.8, 4) is 0 Å². The minimum atomic E-state index is -0.254. The third-order valence-electron chi connectivity index (χ3n) is 3.40. The molecule has 18 heavy (non-hydrogen) atoms. The van der Waals surface area contributed by atoms with Gasteiger partial charge in [-0.05, 0) is 18.4 Å². The van der Waals surface area contributed by atoms with Crippen LogP contribution in [0.1, 0.15) is 38.8 Å². The zero-order chi connectivity index (χ0) is 13.5. The molecule has 0 amide bonds. The summed E-state index contributed by atoms with van der Waals surface area (Å²) in [5.41, 5.74) is 1.18. The summed E-state index contributed by atoms with van der Waals surface area (Å²) >= 11 is 0. The van der Waals surface area contributed by atoms with Gasteiger partial charge in [-0.25, -0.2) is 0 Å². The molecule has 0 radical (unpaired) electrons. The van der Waals surface area contributed by atoms with Crippen LogP contribution in [0.2, 0.25) is 0 Å². The Labute approximate surface area is 110 Å². The van der Waals surface area contributed by atoms with Crippen molar-refractivity contribution in [3.05, 3.63) is 35.9 Å². The first-order chi connectivity index (χ1) is 8.60. The highest BCUT2D eigenvalue weighted by Gasteiger charge is 2.26. The highest BCUT2D eigenvalue weighted by atomic mass is 16.5. The van der Waals surface area contributed by atoms with Gasteiger partial charge in [0.2, 0.25) is 0 Å². The molecule has 3 nitrogen and oxygen atoms in total. The molecular formula is C15H23NO2. The fourth-order valence-electron chi connectivity index (χ4n) is 1.93. The van der Waals surface area contributed by atoms with Crippen LogP contribution in [0.5, 0.6) is 0 Å². The number of esters is 1. The third kappa shape index (κ3) is 3.84.